The molecule has 0 amide bonds. The summed E-state index contributed by atoms with van der Waals surface area (Å²) in [5, 5.41) is 0. The fourth-order valence-corrected chi connectivity index (χ4v) is 2.20. The first-order chi connectivity index (χ1) is 10.3. The summed E-state index contributed by atoms with van der Waals surface area (Å²) in [6, 6.07) is 9.69. The Morgan fingerprint density at radius 1 is 1.17 bits per heavy atom. The summed E-state index contributed by atoms with van der Waals surface area (Å²) >= 11 is -5.69. The smallest absolute Gasteiger partial charge is 1.00 e. The number of hydrogen-bond acceptors (Lipinski definition) is 4. The van der Waals surface area contributed by atoms with E-state index >= 15 is 0 Å². The Bertz CT molecular complexity index is 489. The van der Waals surface area contributed by atoms with Crippen LogP contribution in [-0.2, 0) is 7.48 Å². The summed E-state index contributed by atoms with van der Waals surface area (Å²) in [4.78, 5) is 12.0. The predicted molar refractivity (Wildman–Crippen MR) is 88.9 cm³/mol. The van der Waals surface area contributed by atoms with Gasteiger partial charge in [0.25, 0.3) is 0 Å². The maximum absolute atomic E-state index is 12.0. The van der Waals surface area contributed by atoms with Crippen LogP contribution in [0.3, 0.4) is 0 Å². The second-order valence-electron chi connectivity index (χ2n) is 4.98. The van der Waals surface area contributed by atoms with Crippen LogP contribution in [0.25, 0.3) is 0 Å². The number of benzene rings is 1. The first-order valence-electron chi connectivity index (χ1n) is 6.88. The van der Waals surface area contributed by atoms with Crippen LogP contribution in [0.15, 0.2) is 30.3 Å². The molecule has 0 saturated heterocycles. The average Bonchev–Trinajstić information content (AvgIpc) is 2.47. The molecule has 0 spiro atoms. The summed E-state index contributed by atoms with van der Waals surface area (Å²) in [6.07, 6.45) is 5.94. The van der Waals surface area contributed by atoms with Crippen molar-refractivity contribution in [1.82, 2.24) is 6.15 Å². The van der Waals surface area contributed by atoms with Crippen molar-refractivity contribution in [3.8, 4) is 0 Å². The van der Waals surface area contributed by atoms with E-state index < -0.39 is 30.2 Å². The number of rotatable bonds is 2. The topological polar surface area (TPSA) is 147 Å². The van der Waals surface area contributed by atoms with Crippen molar-refractivity contribution in [3.63, 3.8) is 0 Å². The van der Waals surface area contributed by atoms with Crippen molar-refractivity contribution in [2.75, 3.05) is 0 Å². The van der Waals surface area contributed by atoms with Gasteiger partial charge in [0.1, 0.15) is 0 Å². The Hall–Kier alpha value is 0.447. The van der Waals surface area contributed by atoms with Gasteiger partial charge >= 0.3 is 85.2 Å². The first kappa shape index (κ1) is 29.2. The van der Waals surface area contributed by atoms with Crippen LogP contribution in [0.4, 0.5) is 0 Å². The minimum atomic E-state index is -4.12. The van der Waals surface area contributed by atoms with Crippen LogP contribution in [0.2, 0.25) is 5.71 Å². The van der Waals surface area contributed by atoms with Gasteiger partial charge in [0.05, 0.1) is 0 Å². The normalized spacial score (nSPS) is 13.8. The van der Waals surface area contributed by atoms with Gasteiger partial charge in [-0.2, -0.15) is 0 Å². The van der Waals surface area contributed by atoms with Gasteiger partial charge in [-0.15, -0.1) is 0 Å². The second-order valence-corrected chi connectivity index (χ2v) is 8.83. The maximum Gasteiger partial charge on any atom is 1.00 e. The molecule has 1 aromatic rings. The standard InChI is InChI=1S/C13H16O.CH5AsO3.AsHO2.H3N.Na.H/c14-13(11-7-3-1-4-8-11)12-9-5-2-6-10-12;1-2(3,4)5;2-1-3;;;/h1,3-4,7-8,12H,2,5-6,9-10H2;1H3,(H2,3,4,5);(H,2,3);1H3;;/q;;;;+1;-1. The zero-order chi connectivity index (χ0) is 17.0. The summed E-state index contributed by atoms with van der Waals surface area (Å²) in [5.41, 5.74) is 1.80. The molecule has 0 aromatic heterocycles. The van der Waals surface area contributed by atoms with E-state index in [4.69, 9.17) is 16.0 Å². The summed E-state index contributed by atoms with van der Waals surface area (Å²) in [5.74, 6) is 0.649. The van der Waals surface area contributed by atoms with Crippen molar-refractivity contribution in [2.24, 2.45) is 5.92 Å². The van der Waals surface area contributed by atoms with Gasteiger partial charge in [-0.1, -0.05) is 49.6 Å². The maximum atomic E-state index is 12.0. The fourth-order valence-electron chi connectivity index (χ4n) is 2.20. The van der Waals surface area contributed by atoms with Gasteiger partial charge in [0.2, 0.25) is 0 Å². The Balaban J connectivity index is -0.000000174. The molecule has 0 aliphatic heterocycles. The molecule has 1 saturated carbocycles. The largest absolute Gasteiger partial charge is 1.00 e. The molecule has 24 heavy (non-hydrogen) atoms. The molecular formula is C14H26As2NNaO6. The van der Waals surface area contributed by atoms with E-state index in [1.165, 1.54) is 19.3 Å². The Morgan fingerprint density at radius 3 is 1.92 bits per heavy atom. The average molecular weight is 477 g/mol. The molecular weight excluding hydrogens is 451 g/mol. The molecule has 6 N–H and O–H groups in total. The quantitative estimate of drug-likeness (QED) is 0.304. The summed E-state index contributed by atoms with van der Waals surface area (Å²) in [6.45, 7) is 0. The van der Waals surface area contributed by atoms with E-state index in [9.17, 15) is 8.53 Å². The van der Waals surface area contributed by atoms with E-state index in [-0.39, 0.29) is 37.1 Å². The molecule has 0 heterocycles. The van der Waals surface area contributed by atoms with Gasteiger partial charge in [-0.3, -0.25) is 4.79 Å². The second kappa shape index (κ2) is 16.9. The molecule has 1 aromatic carbocycles. The van der Waals surface area contributed by atoms with E-state index in [0.717, 1.165) is 24.1 Å². The minimum Gasteiger partial charge on any atom is -1.00 e. The number of ketones is 1. The van der Waals surface area contributed by atoms with E-state index in [2.05, 4.69) is 0 Å². The van der Waals surface area contributed by atoms with E-state index in [1.807, 2.05) is 30.3 Å². The van der Waals surface area contributed by atoms with Crippen molar-refractivity contribution in [1.29, 1.82) is 0 Å². The van der Waals surface area contributed by atoms with Crippen LogP contribution in [0, 0.1) is 5.92 Å². The van der Waals surface area contributed by atoms with Gasteiger partial charge in [-0.05, 0) is 12.8 Å². The SMILES string of the molecule is C[As](=O)(O)O.N.O=C(c1ccccc1)C1CCCCC1.O=[As]O.[H-].[Na+]. The predicted octanol–water partition coefficient (Wildman–Crippen LogP) is -1.36. The fraction of sp³-hybridized carbons (Fsp3) is 0.500. The minimum absolute atomic E-state index is 0. The van der Waals surface area contributed by atoms with Crippen LogP contribution < -0.4 is 35.7 Å². The van der Waals surface area contributed by atoms with Gasteiger partial charge in [0.15, 0.2) is 5.78 Å². The molecule has 7 nitrogen and oxygen atoms in total. The Labute approximate surface area is 176 Å². The van der Waals surface area contributed by atoms with Crippen molar-refractivity contribution in [2.45, 2.75) is 37.8 Å². The van der Waals surface area contributed by atoms with E-state index in [0.29, 0.717) is 11.7 Å². The van der Waals surface area contributed by atoms with E-state index in [1.54, 1.807) is 0 Å². The molecule has 10 heteroatoms. The molecule has 0 bridgehead atoms. The molecule has 0 unspecified atom stereocenters. The molecule has 134 valence electrons. The molecule has 1 fully saturated rings. The number of carbonyl (C=O) groups is 1. The molecule has 2 rings (SSSR count). The van der Waals surface area contributed by atoms with Crippen molar-refractivity contribution < 1.29 is 55.5 Å². The first-order valence-corrected chi connectivity index (χ1v) is 12.8. The Morgan fingerprint density at radius 2 is 1.54 bits per heavy atom. The van der Waals surface area contributed by atoms with Gasteiger partial charge in [-0.25, -0.2) is 0 Å². The van der Waals surface area contributed by atoms with Crippen LogP contribution in [-0.4, -0.2) is 48.3 Å². The number of hydrogen-bond donors (Lipinski definition) is 4. The Kier molecular flexibility index (Phi) is 20.6. The monoisotopic (exact) mass is 477 g/mol. The molecule has 0 radical (unpaired) electrons. The molecule has 0 atom stereocenters. The zero-order valence-corrected chi connectivity index (χ0v) is 19.9. The third-order valence-corrected chi connectivity index (χ3v) is 3.03. The van der Waals surface area contributed by atoms with Crippen molar-refractivity contribution >= 4 is 36.0 Å². The number of carbonyl (C=O) groups excluding carboxylic acids is 1. The third-order valence-electron chi connectivity index (χ3n) is 3.03. The summed E-state index contributed by atoms with van der Waals surface area (Å²) < 4.78 is 40.5. The van der Waals surface area contributed by atoms with Crippen LogP contribution in [0.5, 0.6) is 0 Å². The van der Waals surface area contributed by atoms with Gasteiger partial charge < -0.3 is 7.58 Å². The zero-order valence-electron chi connectivity index (χ0n) is 15.2. The van der Waals surface area contributed by atoms with Crippen LogP contribution >= 0.6 is 0 Å². The van der Waals surface area contributed by atoms with Gasteiger partial charge in [0, 0.05) is 11.5 Å². The summed E-state index contributed by atoms with van der Waals surface area (Å²) in [7, 11) is 0. The molecule has 1 aliphatic rings. The molecule has 1 aliphatic carbocycles. The van der Waals surface area contributed by atoms with Crippen LogP contribution in [0.1, 0.15) is 43.9 Å². The van der Waals surface area contributed by atoms with Crippen molar-refractivity contribution in [3.05, 3.63) is 35.9 Å². The third kappa shape index (κ3) is 17.3. The number of Topliss-reactive ketones (excluding diaryl/α,β-unsaturated/α-hetero) is 1.